The number of amides is 2. The molecule has 8 heteroatoms. The summed E-state index contributed by atoms with van der Waals surface area (Å²) in [5, 5.41) is 2.80. The zero-order valence-electron chi connectivity index (χ0n) is 20.4. The molecular formula is C23H40N2O6. The summed E-state index contributed by atoms with van der Waals surface area (Å²) in [6.45, 7) is 14.1. The average Bonchev–Trinajstić information content (AvgIpc) is 2.97. The third kappa shape index (κ3) is 6.74. The minimum atomic E-state index is -0.614. The highest BCUT2D eigenvalue weighted by atomic mass is 16.6. The highest BCUT2D eigenvalue weighted by Crippen LogP contribution is 2.52. The third-order valence-electron chi connectivity index (χ3n) is 6.15. The smallest absolute Gasteiger partial charge is 0.410 e. The number of carbonyl (C=O) groups excluding carboxylic acids is 3. The van der Waals surface area contributed by atoms with Gasteiger partial charge in [-0.2, -0.15) is 0 Å². The van der Waals surface area contributed by atoms with Crippen LogP contribution in [0.3, 0.4) is 0 Å². The summed E-state index contributed by atoms with van der Waals surface area (Å²) >= 11 is 0. The predicted octanol–water partition coefficient (Wildman–Crippen LogP) is 4.12. The minimum absolute atomic E-state index is 0.00874. The van der Waals surface area contributed by atoms with Gasteiger partial charge >= 0.3 is 18.2 Å². The summed E-state index contributed by atoms with van der Waals surface area (Å²) in [5.74, 6) is -0.542. The van der Waals surface area contributed by atoms with Gasteiger partial charge in [0.15, 0.2) is 0 Å². The molecule has 0 aromatic carbocycles. The van der Waals surface area contributed by atoms with Crippen LogP contribution in [0.4, 0.5) is 9.59 Å². The summed E-state index contributed by atoms with van der Waals surface area (Å²) < 4.78 is 15.9. The first-order valence-corrected chi connectivity index (χ1v) is 11.2. The molecule has 1 saturated heterocycles. The molecule has 0 bridgehead atoms. The van der Waals surface area contributed by atoms with Gasteiger partial charge in [-0.3, -0.25) is 4.79 Å². The number of ether oxygens (including phenoxy) is 3. The first kappa shape index (κ1) is 25.3. The normalized spacial score (nSPS) is 22.3. The molecule has 1 aliphatic heterocycles. The van der Waals surface area contributed by atoms with Crippen LogP contribution in [0.2, 0.25) is 0 Å². The molecular weight excluding hydrogens is 400 g/mol. The van der Waals surface area contributed by atoms with Gasteiger partial charge in [0.2, 0.25) is 0 Å². The summed E-state index contributed by atoms with van der Waals surface area (Å²) in [7, 11) is 1.37. The van der Waals surface area contributed by atoms with Gasteiger partial charge in [-0.15, -0.1) is 0 Å². The standard InChI is InChI=1S/C23H40N2O6/c1-15(24-19(27)30-21(2,3)4)17(18(26)29-8)12-16-10-9-11-23(16)13-25(14-23)20(28)31-22(5,6)7/h15-17H,9-14H2,1-8H3,(H,24,27)/t15-,16?,17?/m1/s1. The van der Waals surface area contributed by atoms with Crippen molar-refractivity contribution in [2.75, 3.05) is 20.2 Å². The summed E-state index contributed by atoms with van der Waals surface area (Å²) in [5.41, 5.74) is -1.13. The zero-order chi connectivity index (χ0) is 23.6. The third-order valence-corrected chi connectivity index (χ3v) is 6.15. The molecule has 1 spiro atoms. The van der Waals surface area contributed by atoms with Gasteiger partial charge in [-0.05, 0) is 73.6 Å². The van der Waals surface area contributed by atoms with Crippen molar-refractivity contribution in [1.82, 2.24) is 10.2 Å². The van der Waals surface area contributed by atoms with Crippen LogP contribution in [0.25, 0.3) is 0 Å². The molecule has 8 nitrogen and oxygen atoms in total. The molecule has 2 aliphatic rings. The Kier molecular flexibility index (Phi) is 7.54. The summed E-state index contributed by atoms with van der Waals surface area (Å²) in [4.78, 5) is 38.9. The van der Waals surface area contributed by atoms with Gasteiger partial charge in [-0.25, -0.2) is 9.59 Å². The van der Waals surface area contributed by atoms with E-state index in [1.54, 1.807) is 32.6 Å². The van der Waals surface area contributed by atoms with Crippen LogP contribution in [-0.4, -0.2) is 60.5 Å². The Labute approximate surface area is 186 Å². The molecule has 0 aromatic rings. The summed E-state index contributed by atoms with van der Waals surface area (Å²) in [6, 6.07) is -0.429. The number of hydrogen-bond donors (Lipinski definition) is 1. The maximum Gasteiger partial charge on any atom is 0.410 e. The lowest BCUT2D eigenvalue weighted by Gasteiger charge is -2.52. The van der Waals surface area contributed by atoms with Crippen molar-refractivity contribution in [2.45, 2.75) is 91.4 Å². The van der Waals surface area contributed by atoms with Crippen LogP contribution in [0, 0.1) is 17.3 Å². The van der Waals surface area contributed by atoms with Crippen molar-refractivity contribution in [3.05, 3.63) is 0 Å². The van der Waals surface area contributed by atoms with E-state index in [4.69, 9.17) is 14.2 Å². The quantitative estimate of drug-likeness (QED) is 0.511. The van der Waals surface area contributed by atoms with Crippen molar-refractivity contribution in [2.24, 2.45) is 17.3 Å². The van der Waals surface area contributed by atoms with Crippen molar-refractivity contribution in [1.29, 1.82) is 0 Å². The molecule has 2 amide bonds. The van der Waals surface area contributed by atoms with Crippen LogP contribution in [0.1, 0.15) is 74.1 Å². The molecule has 0 radical (unpaired) electrons. The van der Waals surface area contributed by atoms with E-state index in [0.717, 1.165) is 19.3 Å². The Hall–Kier alpha value is -1.99. The molecule has 31 heavy (non-hydrogen) atoms. The predicted molar refractivity (Wildman–Crippen MR) is 117 cm³/mol. The van der Waals surface area contributed by atoms with Gasteiger partial charge in [0.05, 0.1) is 13.0 Å². The topological polar surface area (TPSA) is 94.2 Å². The van der Waals surface area contributed by atoms with Gasteiger partial charge < -0.3 is 24.4 Å². The second-order valence-corrected chi connectivity index (χ2v) is 11.1. The average molecular weight is 441 g/mol. The van der Waals surface area contributed by atoms with Crippen molar-refractivity contribution in [3.63, 3.8) is 0 Å². The van der Waals surface area contributed by atoms with Gasteiger partial charge in [0.1, 0.15) is 11.2 Å². The van der Waals surface area contributed by atoms with Crippen molar-refractivity contribution in [3.8, 4) is 0 Å². The number of esters is 1. The van der Waals surface area contributed by atoms with E-state index < -0.39 is 29.3 Å². The number of carbonyl (C=O) groups is 3. The SMILES string of the molecule is COC(=O)C(CC1CCCC12CN(C(=O)OC(C)(C)C)C2)[C@@H](C)NC(=O)OC(C)(C)C. The number of nitrogens with zero attached hydrogens (tertiary/aromatic N) is 1. The van der Waals surface area contributed by atoms with Gasteiger partial charge in [-0.1, -0.05) is 6.42 Å². The Morgan fingerprint density at radius 1 is 1.06 bits per heavy atom. The Bertz CT molecular complexity index is 673. The number of hydrogen-bond acceptors (Lipinski definition) is 6. The van der Waals surface area contributed by atoms with E-state index >= 15 is 0 Å². The molecule has 0 aromatic heterocycles. The largest absolute Gasteiger partial charge is 0.469 e. The highest BCUT2D eigenvalue weighted by molar-refractivity contribution is 5.75. The van der Waals surface area contributed by atoms with Gasteiger partial charge in [0, 0.05) is 24.5 Å². The fraction of sp³-hybridized carbons (Fsp3) is 0.870. The zero-order valence-corrected chi connectivity index (χ0v) is 20.4. The van der Waals surface area contributed by atoms with E-state index in [-0.39, 0.29) is 23.4 Å². The van der Waals surface area contributed by atoms with E-state index in [2.05, 4.69) is 5.32 Å². The van der Waals surface area contributed by atoms with Crippen molar-refractivity contribution >= 4 is 18.2 Å². The van der Waals surface area contributed by atoms with E-state index in [0.29, 0.717) is 19.5 Å². The first-order chi connectivity index (χ1) is 14.2. The fourth-order valence-corrected chi connectivity index (χ4v) is 4.72. The maximum atomic E-state index is 12.6. The van der Waals surface area contributed by atoms with E-state index in [1.807, 2.05) is 20.8 Å². The molecule has 1 heterocycles. The number of alkyl carbamates (subject to hydrolysis) is 1. The lowest BCUT2D eigenvalue weighted by Crippen LogP contribution is -2.61. The minimum Gasteiger partial charge on any atom is -0.469 e. The molecule has 178 valence electrons. The van der Waals surface area contributed by atoms with E-state index in [9.17, 15) is 14.4 Å². The van der Waals surface area contributed by atoms with Crippen LogP contribution >= 0.6 is 0 Å². The molecule has 2 fully saturated rings. The van der Waals surface area contributed by atoms with Crippen molar-refractivity contribution < 1.29 is 28.6 Å². The number of nitrogens with one attached hydrogen (secondary N) is 1. The Morgan fingerprint density at radius 3 is 2.16 bits per heavy atom. The molecule has 1 aliphatic carbocycles. The molecule has 2 rings (SSSR count). The highest BCUT2D eigenvalue weighted by Gasteiger charge is 2.54. The lowest BCUT2D eigenvalue weighted by atomic mass is 9.68. The maximum absolute atomic E-state index is 12.6. The fourth-order valence-electron chi connectivity index (χ4n) is 4.72. The van der Waals surface area contributed by atoms with E-state index in [1.165, 1.54) is 7.11 Å². The second kappa shape index (κ2) is 9.25. The second-order valence-electron chi connectivity index (χ2n) is 11.1. The van der Waals surface area contributed by atoms with Crippen LogP contribution in [-0.2, 0) is 19.0 Å². The monoisotopic (exact) mass is 440 g/mol. The molecule has 1 N–H and O–H groups in total. The number of rotatable bonds is 5. The molecule has 3 atom stereocenters. The van der Waals surface area contributed by atoms with Gasteiger partial charge in [0.25, 0.3) is 0 Å². The number of methoxy groups -OCH3 is 1. The summed E-state index contributed by atoms with van der Waals surface area (Å²) in [6.07, 6.45) is 2.86. The van der Waals surface area contributed by atoms with Crippen LogP contribution in [0.5, 0.6) is 0 Å². The Balaban J connectivity index is 2.02. The number of likely N-dealkylation sites (tertiary alicyclic amines) is 1. The molecule has 2 unspecified atom stereocenters. The molecule has 1 saturated carbocycles. The lowest BCUT2D eigenvalue weighted by molar-refractivity contribution is -0.148. The van der Waals surface area contributed by atoms with Crippen LogP contribution in [0.15, 0.2) is 0 Å². The Morgan fingerprint density at radius 2 is 1.65 bits per heavy atom. The van der Waals surface area contributed by atoms with Crippen LogP contribution < -0.4 is 5.32 Å². The first-order valence-electron chi connectivity index (χ1n) is 11.2.